The van der Waals surface area contributed by atoms with Gasteiger partial charge in [-0.1, -0.05) is 12.1 Å². The SMILES string of the molecule is CCOC(=O)c1cc(NCC(=O)NCCc2ccc(OC(F)F)cc2)cc(C(=O)OCC)c1. The van der Waals surface area contributed by atoms with Crippen molar-refractivity contribution in [2.75, 3.05) is 31.6 Å². The second kappa shape index (κ2) is 13.0. The van der Waals surface area contributed by atoms with E-state index in [0.29, 0.717) is 18.7 Å². The smallest absolute Gasteiger partial charge is 0.387 e. The Morgan fingerprint density at radius 1 is 0.909 bits per heavy atom. The van der Waals surface area contributed by atoms with Gasteiger partial charge in [0.1, 0.15) is 5.75 Å². The molecule has 0 saturated carbocycles. The van der Waals surface area contributed by atoms with Crippen LogP contribution in [0.1, 0.15) is 40.1 Å². The van der Waals surface area contributed by atoms with Crippen LogP contribution in [-0.4, -0.2) is 50.8 Å². The Morgan fingerprint density at radius 3 is 2.00 bits per heavy atom. The van der Waals surface area contributed by atoms with Gasteiger partial charge in [-0.3, -0.25) is 4.79 Å². The molecule has 2 aromatic carbocycles. The van der Waals surface area contributed by atoms with Crippen LogP contribution in [0.15, 0.2) is 42.5 Å². The Morgan fingerprint density at radius 2 is 1.48 bits per heavy atom. The minimum Gasteiger partial charge on any atom is -0.462 e. The summed E-state index contributed by atoms with van der Waals surface area (Å²) < 4.78 is 38.6. The van der Waals surface area contributed by atoms with Crippen molar-refractivity contribution >= 4 is 23.5 Å². The van der Waals surface area contributed by atoms with Crippen LogP contribution >= 0.6 is 0 Å². The third-order valence-corrected chi connectivity index (χ3v) is 4.29. The molecule has 10 heteroatoms. The normalized spacial score (nSPS) is 10.5. The maximum absolute atomic E-state index is 12.2. The summed E-state index contributed by atoms with van der Waals surface area (Å²) in [6.07, 6.45) is 0.492. The summed E-state index contributed by atoms with van der Waals surface area (Å²) in [6.45, 7) is 1.03. The molecule has 0 fully saturated rings. The minimum atomic E-state index is -2.88. The highest BCUT2D eigenvalue weighted by molar-refractivity contribution is 5.97. The van der Waals surface area contributed by atoms with Crippen LogP contribution in [0.5, 0.6) is 5.75 Å². The fourth-order valence-corrected chi connectivity index (χ4v) is 2.82. The Labute approximate surface area is 190 Å². The first-order valence-corrected chi connectivity index (χ1v) is 10.4. The lowest BCUT2D eigenvalue weighted by Crippen LogP contribution is -2.31. The number of esters is 2. The molecule has 0 aromatic heterocycles. The van der Waals surface area contributed by atoms with Crippen molar-refractivity contribution in [2.24, 2.45) is 0 Å². The van der Waals surface area contributed by atoms with Crippen LogP contribution in [0.4, 0.5) is 14.5 Å². The van der Waals surface area contributed by atoms with Crippen molar-refractivity contribution in [2.45, 2.75) is 26.9 Å². The zero-order valence-electron chi connectivity index (χ0n) is 18.4. The number of ether oxygens (including phenoxy) is 3. The van der Waals surface area contributed by atoms with Crippen LogP contribution in [0.2, 0.25) is 0 Å². The molecule has 2 N–H and O–H groups in total. The molecule has 2 rings (SSSR count). The van der Waals surface area contributed by atoms with E-state index in [1.165, 1.54) is 30.3 Å². The molecule has 2 aromatic rings. The number of amides is 1. The highest BCUT2D eigenvalue weighted by Crippen LogP contribution is 2.18. The first-order valence-electron chi connectivity index (χ1n) is 10.4. The van der Waals surface area contributed by atoms with Crippen molar-refractivity contribution in [3.63, 3.8) is 0 Å². The molecule has 0 atom stereocenters. The molecule has 0 aliphatic rings. The Bertz CT molecular complexity index is 914. The summed E-state index contributed by atoms with van der Waals surface area (Å²) >= 11 is 0. The molecular formula is C23H26F2N2O6. The van der Waals surface area contributed by atoms with E-state index in [1.54, 1.807) is 26.0 Å². The number of carbonyl (C=O) groups is 3. The molecule has 0 bridgehead atoms. The molecule has 1 amide bonds. The van der Waals surface area contributed by atoms with E-state index in [9.17, 15) is 23.2 Å². The number of alkyl halides is 2. The van der Waals surface area contributed by atoms with Gasteiger partial charge in [-0.2, -0.15) is 8.78 Å². The van der Waals surface area contributed by atoms with Gasteiger partial charge < -0.3 is 24.8 Å². The average molecular weight is 464 g/mol. The average Bonchev–Trinajstić information content (AvgIpc) is 2.78. The summed E-state index contributed by atoms with van der Waals surface area (Å²) in [5.74, 6) is -1.44. The standard InChI is InChI=1S/C23H26F2N2O6/c1-3-31-21(29)16-11-17(22(30)32-4-2)13-18(12-16)27-14-20(28)26-10-9-15-5-7-19(8-6-15)33-23(24)25/h5-8,11-13,23,27H,3-4,9-10,14H2,1-2H3,(H,26,28). The maximum atomic E-state index is 12.2. The molecule has 0 spiro atoms. The summed E-state index contributed by atoms with van der Waals surface area (Å²) in [4.78, 5) is 36.3. The van der Waals surface area contributed by atoms with E-state index in [4.69, 9.17) is 9.47 Å². The number of halogens is 2. The number of nitrogens with one attached hydrogen (secondary N) is 2. The number of rotatable bonds is 12. The van der Waals surface area contributed by atoms with Crippen molar-refractivity contribution in [3.05, 3.63) is 59.2 Å². The van der Waals surface area contributed by atoms with E-state index < -0.39 is 18.6 Å². The maximum Gasteiger partial charge on any atom is 0.387 e. The third kappa shape index (κ3) is 8.76. The summed E-state index contributed by atoms with van der Waals surface area (Å²) in [7, 11) is 0. The number of carbonyl (C=O) groups excluding carboxylic acids is 3. The van der Waals surface area contributed by atoms with E-state index in [-0.39, 0.29) is 42.5 Å². The second-order valence-electron chi connectivity index (χ2n) is 6.72. The molecular weight excluding hydrogens is 438 g/mol. The Hall–Kier alpha value is -3.69. The molecule has 0 unspecified atom stereocenters. The van der Waals surface area contributed by atoms with Gasteiger partial charge in [0.25, 0.3) is 0 Å². The van der Waals surface area contributed by atoms with Gasteiger partial charge in [0, 0.05) is 12.2 Å². The first kappa shape index (κ1) is 25.6. The summed E-state index contributed by atoms with van der Waals surface area (Å²) in [5.41, 5.74) is 1.54. The quantitative estimate of drug-likeness (QED) is 0.464. The summed E-state index contributed by atoms with van der Waals surface area (Å²) in [5, 5.41) is 5.61. The van der Waals surface area contributed by atoms with Gasteiger partial charge in [0.05, 0.1) is 30.9 Å². The monoisotopic (exact) mass is 464 g/mol. The zero-order valence-corrected chi connectivity index (χ0v) is 18.4. The Balaban J connectivity index is 1.91. The molecule has 0 aliphatic carbocycles. The highest BCUT2D eigenvalue weighted by Gasteiger charge is 2.15. The predicted octanol–water partition coefficient (Wildman–Crippen LogP) is 3.41. The molecule has 0 heterocycles. The van der Waals surface area contributed by atoms with Gasteiger partial charge >= 0.3 is 18.6 Å². The third-order valence-electron chi connectivity index (χ3n) is 4.29. The van der Waals surface area contributed by atoms with Crippen molar-refractivity contribution in [1.29, 1.82) is 0 Å². The molecule has 8 nitrogen and oxygen atoms in total. The lowest BCUT2D eigenvalue weighted by atomic mass is 10.1. The minimum absolute atomic E-state index is 0.0641. The number of benzene rings is 2. The van der Waals surface area contributed by atoms with Crippen LogP contribution in [-0.2, 0) is 20.7 Å². The highest BCUT2D eigenvalue weighted by atomic mass is 19.3. The lowest BCUT2D eigenvalue weighted by molar-refractivity contribution is -0.119. The zero-order chi connectivity index (χ0) is 24.2. The van der Waals surface area contributed by atoms with Crippen molar-refractivity contribution in [1.82, 2.24) is 5.32 Å². The largest absolute Gasteiger partial charge is 0.462 e. The van der Waals surface area contributed by atoms with Crippen LogP contribution in [0.3, 0.4) is 0 Å². The molecule has 178 valence electrons. The van der Waals surface area contributed by atoms with E-state index in [2.05, 4.69) is 15.4 Å². The van der Waals surface area contributed by atoms with Crippen molar-refractivity contribution < 1.29 is 37.4 Å². The van der Waals surface area contributed by atoms with Gasteiger partial charge in [0.2, 0.25) is 5.91 Å². The van der Waals surface area contributed by atoms with E-state index >= 15 is 0 Å². The first-order chi connectivity index (χ1) is 15.8. The van der Waals surface area contributed by atoms with E-state index in [1.807, 2.05) is 0 Å². The van der Waals surface area contributed by atoms with E-state index in [0.717, 1.165) is 5.56 Å². The fourth-order valence-electron chi connectivity index (χ4n) is 2.82. The topological polar surface area (TPSA) is 103 Å². The fraction of sp³-hybridized carbons (Fsp3) is 0.348. The van der Waals surface area contributed by atoms with Crippen LogP contribution in [0.25, 0.3) is 0 Å². The van der Waals surface area contributed by atoms with Gasteiger partial charge in [-0.25, -0.2) is 9.59 Å². The predicted molar refractivity (Wildman–Crippen MR) is 117 cm³/mol. The number of hydrogen-bond acceptors (Lipinski definition) is 7. The molecule has 0 aliphatic heterocycles. The second-order valence-corrected chi connectivity index (χ2v) is 6.72. The number of anilines is 1. The molecule has 0 radical (unpaired) electrons. The van der Waals surface area contributed by atoms with Gasteiger partial charge in [-0.15, -0.1) is 0 Å². The molecule has 33 heavy (non-hydrogen) atoms. The summed E-state index contributed by atoms with van der Waals surface area (Å²) in [6, 6.07) is 10.5. The van der Waals surface area contributed by atoms with Crippen LogP contribution in [0, 0.1) is 0 Å². The van der Waals surface area contributed by atoms with Gasteiger partial charge in [-0.05, 0) is 56.2 Å². The van der Waals surface area contributed by atoms with Gasteiger partial charge in [0.15, 0.2) is 0 Å². The van der Waals surface area contributed by atoms with Crippen molar-refractivity contribution in [3.8, 4) is 5.75 Å². The Kier molecular flexibility index (Phi) is 10.1. The lowest BCUT2D eigenvalue weighted by Gasteiger charge is -2.12. The number of hydrogen-bond donors (Lipinski definition) is 2. The van der Waals surface area contributed by atoms with Crippen LogP contribution < -0.4 is 15.4 Å². The molecule has 0 saturated heterocycles.